The topological polar surface area (TPSA) is 17.1 Å². The van der Waals surface area contributed by atoms with E-state index in [1.807, 2.05) is 0 Å². The highest BCUT2D eigenvalue weighted by molar-refractivity contribution is 6.24. The van der Waals surface area contributed by atoms with Crippen molar-refractivity contribution in [3.63, 3.8) is 0 Å². The Bertz CT molecular complexity index is 347. The normalized spacial score (nSPS) is 15.6. The molecule has 0 aromatic heterocycles. The number of hydrogen-bond donors (Lipinski definition) is 0. The highest BCUT2D eigenvalue weighted by atomic mass is 35.5. The summed E-state index contributed by atoms with van der Waals surface area (Å²) in [4.78, 5) is 10.3. The molecule has 0 bridgehead atoms. The van der Waals surface area contributed by atoms with Gasteiger partial charge in [-0.25, -0.2) is 4.39 Å². The Morgan fingerprint density at radius 1 is 0.684 bits per heavy atom. The fourth-order valence-electron chi connectivity index (χ4n) is 0.763. The molecule has 13 heteroatoms. The number of halogens is 12. The van der Waals surface area contributed by atoms with Gasteiger partial charge in [0.1, 0.15) is 0 Å². The second-order valence-electron chi connectivity index (χ2n) is 3.06. The number of alkyl halides is 12. The molecule has 0 aliphatic heterocycles. The molecule has 0 radical (unpaired) electrons. The fourth-order valence-corrected chi connectivity index (χ4v) is 0.849. The number of carbonyl (C=O) groups excluding carboxylic acids is 1. The number of carbonyl (C=O) groups is 1. The minimum atomic E-state index is -7.23. The van der Waals surface area contributed by atoms with Gasteiger partial charge in [-0.3, -0.25) is 4.79 Å². The molecule has 0 saturated carbocycles. The van der Waals surface area contributed by atoms with Gasteiger partial charge in [0, 0.05) is 0 Å². The van der Waals surface area contributed by atoms with Gasteiger partial charge >= 0.3 is 29.3 Å². The first-order valence-electron chi connectivity index (χ1n) is 3.72. The van der Waals surface area contributed by atoms with E-state index in [0.29, 0.717) is 0 Å². The van der Waals surface area contributed by atoms with Gasteiger partial charge in [-0.2, -0.15) is 43.9 Å². The molecule has 0 saturated heterocycles. The van der Waals surface area contributed by atoms with Crippen LogP contribution in [0.5, 0.6) is 0 Å². The standard InChI is InChI=1S/C6ClF11O/c7-4(11,12)3(9,10)1(19)2(8,5(13,14)15)6(16,17)18. The van der Waals surface area contributed by atoms with Crippen molar-refractivity contribution in [1.29, 1.82) is 0 Å². The minimum Gasteiger partial charge on any atom is -0.288 e. The van der Waals surface area contributed by atoms with Crippen LogP contribution in [0.4, 0.5) is 48.3 Å². The Balaban J connectivity index is 6.06. The number of rotatable bonds is 3. The third kappa shape index (κ3) is 2.72. The van der Waals surface area contributed by atoms with Crippen LogP contribution in [-0.4, -0.2) is 35.1 Å². The van der Waals surface area contributed by atoms with Crippen LogP contribution >= 0.6 is 11.6 Å². The maximum Gasteiger partial charge on any atom is 0.439 e. The van der Waals surface area contributed by atoms with E-state index in [9.17, 15) is 53.1 Å². The summed E-state index contributed by atoms with van der Waals surface area (Å²) in [6.07, 6.45) is -14.5. The highest BCUT2D eigenvalue weighted by Gasteiger charge is 2.83. The molecule has 0 aromatic rings. The zero-order chi connectivity index (χ0) is 16.1. The molecule has 0 aliphatic carbocycles. The van der Waals surface area contributed by atoms with Gasteiger partial charge in [0.2, 0.25) is 0 Å². The minimum absolute atomic E-state index is 3.52. The summed E-state index contributed by atoms with van der Waals surface area (Å²) in [5, 5.41) is -6.14. The lowest BCUT2D eigenvalue weighted by Gasteiger charge is -2.32. The summed E-state index contributed by atoms with van der Waals surface area (Å²) in [5.74, 6) is -11.5. The Morgan fingerprint density at radius 3 is 1.11 bits per heavy atom. The van der Waals surface area contributed by atoms with Crippen molar-refractivity contribution in [3.05, 3.63) is 0 Å². The molecule has 0 unspecified atom stereocenters. The van der Waals surface area contributed by atoms with E-state index in [1.165, 1.54) is 0 Å². The van der Waals surface area contributed by atoms with Crippen molar-refractivity contribution in [3.8, 4) is 0 Å². The van der Waals surface area contributed by atoms with Gasteiger partial charge in [-0.05, 0) is 11.6 Å². The first kappa shape index (κ1) is 18.2. The van der Waals surface area contributed by atoms with Crippen LogP contribution in [0.25, 0.3) is 0 Å². The Morgan fingerprint density at radius 2 is 0.947 bits per heavy atom. The molecule has 0 fully saturated rings. The summed E-state index contributed by atoms with van der Waals surface area (Å²) >= 11 is 3.52. The van der Waals surface area contributed by atoms with Crippen molar-refractivity contribution >= 4 is 17.4 Å². The second kappa shape index (κ2) is 4.35. The van der Waals surface area contributed by atoms with Crippen molar-refractivity contribution in [2.75, 3.05) is 0 Å². The molecule has 0 spiro atoms. The first-order valence-corrected chi connectivity index (χ1v) is 4.10. The second-order valence-corrected chi connectivity index (χ2v) is 3.53. The Kier molecular flexibility index (Phi) is 4.16. The molecule has 0 heterocycles. The summed E-state index contributed by atoms with van der Waals surface area (Å²) in [6, 6.07) is 0. The van der Waals surface area contributed by atoms with E-state index >= 15 is 0 Å². The van der Waals surface area contributed by atoms with E-state index in [0.717, 1.165) is 0 Å². The molecule has 0 atom stereocenters. The Labute approximate surface area is 101 Å². The molecular weight excluding hydrogens is 332 g/mol. The van der Waals surface area contributed by atoms with Gasteiger partial charge in [-0.1, -0.05) is 0 Å². The van der Waals surface area contributed by atoms with Gasteiger partial charge in [0.05, 0.1) is 0 Å². The largest absolute Gasteiger partial charge is 0.439 e. The van der Waals surface area contributed by atoms with Crippen molar-refractivity contribution in [1.82, 2.24) is 0 Å². The summed E-state index contributed by atoms with van der Waals surface area (Å²) in [6.45, 7) is 0. The summed E-state index contributed by atoms with van der Waals surface area (Å²) < 4.78 is 132. The number of Topliss-reactive ketones (excluding diaryl/α,β-unsaturated/α-hetero) is 1. The van der Waals surface area contributed by atoms with Gasteiger partial charge in [0.15, 0.2) is 0 Å². The molecule has 1 nitrogen and oxygen atoms in total. The Hall–Kier alpha value is -0.810. The lowest BCUT2D eigenvalue weighted by Crippen LogP contribution is -2.65. The molecule has 0 N–H and O–H groups in total. The van der Waals surface area contributed by atoms with E-state index in [1.54, 1.807) is 0 Å². The molecule has 0 amide bonds. The lowest BCUT2D eigenvalue weighted by atomic mass is 9.94. The zero-order valence-electron chi connectivity index (χ0n) is 7.94. The van der Waals surface area contributed by atoms with Crippen molar-refractivity contribution in [2.24, 2.45) is 0 Å². The van der Waals surface area contributed by atoms with Crippen LogP contribution in [0.1, 0.15) is 0 Å². The monoisotopic (exact) mass is 332 g/mol. The average Bonchev–Trinajstić information content (AvgIpc) is 2.09. The third-order valence-electron chi connectivity index (χ3n) is 1.74. The van der Waals surface area contributed by atoms with Crippen LogP contribution in [0.2, 0.25) is 0 Å². The van der Waals surface area contributed by atoms with Gasteiger partial charge in [0.25, 0.3) is 5.78 Å². The van der Waals surface area contributed by atoms with Crippen LogP contribution in [0.3, 0.4) is 0 Å². The maximum atomic E-state index is 12.8. The molecule has 0 aromatic carbocycles. The summed E-state index contributed by atoms with van der Waals surface area (Å²) in [7, 11) is 0. The quantitative estimate of drug-likeness (QED) is 0.567. The average molecular weight is 332 g/mol. The smallest absolute Gasteiger partial charge is 0.288 e. The predicted octanol–water partition coefficient (Wildman–Crippen LogP) is 3.86. The molecule has 114 valence electrons. The number of hydrogen-bond acceptors (Lipinski definition) is 1. The van der Waals surface area contributed by atoms with Crippen LogP contribution < -0.4 is 0 Å². The van der Waals surface area contributed by atoms with Crippen molar-refractivity contribution < 1.29 is 53.1 Å². The van der Waals surface area contributed by atoms with Gasteiger partial charge < -0.3 is 0 Å². The predicted molar refractivity (Wildman–Crippen MR) is 36.7 cm³/mol. The van der Waals surface area contributed by atoms with Crippen LogP contribution in [0, 0.1) is 0 Å². The van der Waals surface area contributed by atoms with E-state index in [2.05, 4.69) is 11.6 Å². The molecule has 0 aliphatic rings. The van der Waals surface area contributed by atoms with E-state index in [4.69, 9.17) is 0 Å². The van der Waals surface area contributed by atoms with Gasteiger partial charge in [-0.15, -0.1) is 0 Å². The maximum absolute atomic E-state index is 12.8. The van der Waals surface area contributed by atoms with Crippen LogP contribution in [-0.2, 0) is 4.79 Å². The fraction of sp³-hybridized carbons (Fsp3) is 0.833. The zero-order valence-corrected chi connectivity index (χ0v) is 8.70. The first-order chi connectivity index (χ1) is 7.90. The van der Waals surface area contributed by atoms with E-state index in [-0.39, 0.29) is 0 Å². The molecular formula is C6ClF11O. The van der Waals surface area contributed by atoms with Crippen molar-refractivity contribution in [2.45, 2.75) is 29.3 Å². The molecule has 19 heavy (non-hydrogen) atoms. The number of ketones is 1. The highest BCUT2D eigenvalue weighted by Crippen LogP contribution is 2.52. The molecule has 0 rings (SSSR count). The SMILES string of the molecule is O=C(C(F)(F)C(F)(F)Cl)C(F)(C(F)(F)F)C(F)(F)F. The van der Waals surface area contributed by atoms with Crippen LogP contribution in [0.15, 0.2) is 0 Å². The third-order valence-corrected chi connectivity index (χ3v) is 1.97. The summed E-state index contributed by atoms with van der Waals surface area (Å²) in [5.41, 5.74) is -7.18. The lowest BCUT2D eigenvalue weighted by molar-refractivity contribution is -0.333. The van der Waals surface area contributed by atoms with E-state index < -0.39 is 35.1 Å².